The van der Waals surface area contributed by atoms with Crippen LogP contribution in [0.2, 0.25) is 0 Å². The zero-order valence-electron chi connectivity index (χ0n) is 15.8. The molecule has 3 aromatic heterocycles. The molecule has 8 heteroatoms. The summed E-state index contributed by atoms with van der Waals surface area (Å²) in [5.74, 6) is 0.488. The lowest BCUT2D eigenvalue weighted by Crippen LogP contribution is -2.22. The lowest BCUT2D eigenvalue weighted by Gasteiger charge is -2.11. The normalized spacial score (nSPS) is 11.4. The van der Waals surface area contributed by atoms with E-state index in [-0.39, 0.29) is 5.56 Å². The molecule has 0 atom stereocenters. The van der Waals surface area contributed by atoms with Crippen molar-refractivity contribution in [3.63, 3.8) is 0 Å². The van der Waals surface area contributed by atoms with Crippen molar-refractivity contribution in [3.8, 4) is 0 Å². The largest absolute Gasteiger partial charge is 0.423 e. The van der Waals surface area contributed by atoms with Crippen LogP contribution in [0.5, 0.6) is 0 Å². The van der Waals surface area contributed by atoms with E-state index in [1.54, 1.807) is 16.7 Å². The summed E-state index contributed by atoms with van der Waals surface area (Å²) in [6.45, 7) is 8.10. The summed E-state index contributed by atoms with van der Waals surface area (Å²) in [5.41, 5.74) is 1.89. The maximum atomic E-state index is 13.1. The maximum Gasteiger partial charge on any atom is 0.336 e. The van der Waals surface area contributed by atoms with Gasteiger partial charge in [-0.25, -0.2) is 9.78 Å². The lowest BCUT2D eigenvalue weighted by molar-refractivity contribution is 0.559. The molecular weight excluding hydrogens is 472 g/mol. The van der Waals surface area contributed by atoms with Crippen molar-refractivity contribution in [2.75, 3.05) is 0 Å². The minimum Gasteiger partial charge on any atom is -0.423 e. The molecule has 0 spiro atoms. The van der Waals surface area contributed by atoms with E-state index >= 15 is 0 Å². The number of thioether (sulfide) groups is 1. The number of hydrogen-bond acceptors (Lipinski definition) is 6. The molecule has 0 amide bonds. The van der Waals surface area contributed by atoms with Gasteiger partial charge in [-0.2, -0.15) is 0 Å². The second-order valence-electron chi connectivity index (χ2n) is 6.58. The Morgan fingerprint density at radius 3 is 2.86 bits per heavy atom. The molecular formula is C21H17BrN2O3S2. The van der Waals surface area contributed by atoms with Gasteiger partial charge < -0.3 is 4.42 Å². The van der Waals surface area contributed by atoms with Gasteiger partial charge in [0.25, 0.3) is 5.56 Å². The molecule has 0 aliphatic heterocycles. The standard InChI is InChI=1S/C21H17BrN2O3S2/c1-4-7-24-20(26)18-11(2)12(3)29-19(18)23-21(24)28-10-13-8-17(25)27-16-9-14(22)5-6-15(13)16/h4-6,8-9H,1,7,10H2,2-3H3. The predicted octanol–water partition coefficient (Wildman–Crippen LogP) is 5.42. The molecule has 0 unspecified atom stereocenters. The molecule has 148 valence electrons. The Kier molecular flexibility index (Phi) is 5.50. The van der Waals surface area contributed by atoms with E-state index in [1.807, 2.05) is 26.0 Å². The highest BCUT2D eigenvalue weighted by Crippen LogP contribution is 2.31. The van der Waals surface area contributed by atoms with Gasteiger partial charge in [-0.05, 0) is 43.2 Å². The number of halogens is 1. The number of aromatic nitrogens is 2. The van der Waals surface area contributed by atoms with Crippen LogP contribution < -0.4 is 11.2 Å². The Hall–Kier alpha value is -2.16. The summed E-state index contributed by atoms with van der Waals surface area (Å²) in [4.78, 5) is 31.7. The van der Waals surface area contributed by atoms with Crippen LogP contribution in [0.4, 0.5) is 0 Å². The molecule has 0 fully saturated rings. The summed E-state index contributed by atoms with van der Waals surface area (Å²) in [7, 11) is 0. The number of thiophene rings is 1. The molecule has 0 aliphatic rings. The number of nitrogens with zero attached hydrogens (tertiary/aromatic N) is 2. The third-order valence-electron chi connectivity index (χ3n) is 4.71. The highest BCUT2D eigenvalue weighted by atomic mass is 79.9. The molecule has 4 aromatic rings. The fourth-order valence-electron chi connectivity index (χ4n) is 3.17. The first-order valence-electron chi connectivity index (χ1n) is 8.85. The average molecular weight is 489 g/mol. The molecule has 0 saturated carbocycles. The van der Waals surface area contributed by atoms with E-state index in [4.69, 9.17) is 9.40 Å². The second-order valence-corrected chi connectivity index (χ2v) is 9.64. The number of rotatable bonds is 5. The van der Waals surface area contributed by atoms with Crippen LogP contribution in [-0.2, 0) is 12.3 Å². The smallest absolute Gasteiger partial charge is 0.336 e. The molecule has 5 nitrogen and oxygen atoms in total. The van der Waals surface area contributed by atoms with Gasteiger partial charge in [0.15, 0.2) is 5.16 Å². The number of benzene rings is 1. The quantitative estimate of drug-likeness (QED) is 0.162. The molecule has 29 heavy (non-hydrogen) atoms. The Labute approximate surface area is 183 Å². The Morgan fingerprint density at radius 1 is 1.31 bits per heavy atom. The number of allylic oxidation sites excluding steroid dienone is 1. The first-order valence-corrected chi connectivity index (χ1v) is 11.4. The van der Waals surface area contributed by atoms with Gasteiger partial charge in [0.1, 0.15) is 10.4 Å². The summed E-state index contributed by atoms with van der Waals surface area (Å²) in [6, 6.07) is 7.10. The number of fused-ring (bicyclic) bond motifs is 2. The number of aryl methyl sites for hydroxylation is 2. The summed E-state index contributed by atoms with van der Waals surface area (Å²) >= 11 is 6.36. The fourth-order valence-corrected chi connectivity index (χ4v) is 5.58. The summed E-state index contributed by atoms with van der Waals surface area (Å²) < 4.78 is 7.80. The van der Waals surface area contributed by atoms with Crippen LogP contribution in [0.15, 0.2) is 60.6 Å². The van der Waals surface area contributed by atoms with Crippen molar-refractivity contribution in [1.82, 2.24) is 9.55 Å². The lowest BCUT2D eigenvalue weighted by atomic mass is 10.1. The Morgan fingerprint density at radius 2 is 2.10 bits per heavy atom. The van der Waals surface area contributed by atoms with Crippen molar-refractivity contribution >= 4 is 60.2 Å². The maximum absolute atomic E-state index is 13.1. The third kappa shape index (κ3) is 3.72. The molecule has 0 bridgehead atoms. The number of hydrogen-bond donors (Lipinski definition) is 0. The minimum absolute atomic E-state index is 0.0550. The van der Waals surface area contributed by atoms with Gasteiger partial charge >= 0.3 is 5.63 Å². The van der Waals surface area contributed by atoms with Crippen molar-refractivity contribution in [1.29, 1.82) is 0 Å². The van der Waals surface area contributed by atoms with Gasteiger partial charge in [0.05, 0.1) is 5.39 Å². The Balaban J connectivity index is 1.80. The van der Waals surface area contributed by atoms with Crippen molar-refractivity contribution in [2.45, 2.75) is 31.3 Å². The fraction of sp³-hybridized carbons (Fsp3) is 0.190. The minimum atomic E-state index is -0.400. The van der Waals surface area contributed by atoms with Gasteiger partial charge in [-0.1, -0.05) is 33.8 Å². The molecule has 0 saturated heterocycles. The SMILES string of the molecule is C=CCn1c(SCc2cc(=O)oc3cc(Br)ccc23)nc2sc(C)c(C)c2c1=O. The van der Waals surface area contributed by atoms with E-state index in [1.165, 1.54) is 29.2 Å². The Bertz CT molecular complexity index is 1380. The van der Waals surface area contributed by atoms with Crippen LogP contribution in [0.3, 0.4) is 0 Å². The van der Waals surface area contributed by atoms with Crippen LogP contribution in [-0.4, -0.2) is 9.55 Å². The summed E-state index contributed by atoms with van der Waals surface area (Å²) in [5, 5.41) is 2.15. The zero-order valence-corrected chi connectivity index (χ0v) is 19.0. The predicted molar refractivity (Wildman–Crippen MR) is 123 cm³/mol. The monoisotopic (exact) mass is 488 g/mol. The van der Waals surface area contributed by atoms with Crippen LogP contribution >= 0.6 is 39.0 Å². The van der Waals surface area contributed by atoms with Crippen LogP contribution in [0.1, 0.15) is 16.0 Å². The molecule has 4 rings (SSSR count). The second kappa shape index (κ2) is 7.93. The highest BCUT2D eigenvalue weighted by Gasteiger charge is 2.17. The molecule has 3 heterocycles. The van der Waals surface area contributed by atoms with Crippen LogP contribution in [0, 0.1) is 13.8 Å². The molecule has 1 aromatic carbocycles. The average Bonchev–Trinajstić information content (AvgIpc) is 2.96. The zero-order chi connectivity index (χ0) is 20.7. The van der Waals surface area contributed by atoms with Gasteiger partial charge in [-0.15, -0.1) is 17.9 Å². The van der Waals surface area contributed by atoms with Crippen molar-refractivity contribution in [3.05, 3.63) is 78.2 Å². The van der Waals surface area contributed by atoms with Gasteiger partial charge in [0, 0.05) is 33.1 Å². The van der Waals surface area contributed by atoms with Gasteiger partial charge in [-0.3, -0.25) is 9.36 Å². The summed E-state index contributed by atoms with van der Waals surface area (Å²) in [6.07, 6.45) is 1.69. The van der Waals surface area contributed by atoms with Crippen molar-refractivity contribution < 1.29 is 4.42 Å². The molecule has 0 radical (unpaired) electrons. The van der Waals surface area contributed by atoms with Crippen molar-refractivity contribution in [2.24, 2.45) is 0 Å². The van der Waals surface area contributed by atoms with Crippen LogP contribution in [0.25, 0.3) is 21.2 Å². The molecule has 0 N–H and O–H groups in total. The van der Waals surface area contributed by atoms with E-state index in [0.29, 0.717) is 28.4 Å². The first-order chi connectivity index (χ1) is 13.9. The van der Waals surface area contributed by atoms with E-state index < -0.39 is 5.63 Å². The topological polar surface area (TPSA) is 65.1 Å². The first kappa shape index (κ1) is 20.1. The van der Waals surface area contributed by atoms with E-state index in [0.717, 1.165) is 30.7 Å². The van der Waals surface area contributed by atoms with E-state index in [9.17, 15) is 9.59 Å². The molecule has 0 aliphatic carbocycles. The third-order valence-corrected chi connectivity index (χ3v) is 7.33. The highest BCUT2D eigenvalue weighted by molar-refractivity contribution is 9.10. The van der Waals surface area contributed by atoms with E-state index in [2.05, 4.69) is 22.5 Å². The van der Waals surface area contributed by atoms with Gasteiger partial charge in [0.2, 0.25) is 0 Å².